The monoisotopic (exact) mass is 343 g/mol. The van der Waals surface area contributed by atoms with Gasteiger partial charge < -0.3 is 9.26 Å². The van der Waals surface area contributed by atoms with E-state index in [1.54, 1.807) is 25.1 Å². The fourth-order valence-electron chi connectivity index (χ4n) is 2.31. The number of morpholine rings is 1. The zero-order valence-corrected chi connectivity index (χ0v) is 13.3. The number of nitrogens with zero attached hydrogens (tertiary/aromatic N) is 3. The molecule has 0 spiro atoms. The van der Waals surface area contributed by atoms with Crippen LogP contribution in [0.2, 0.25) is 5.02 Å². The van der Waals surface area contributed by atoms with Crippen molar-refractivity contribution in [3.63, 3.8) is 0 Å². The van der Waals surface area contributed by atoms with Gasteiger partial charge in [0.2, 0.25) is 15.9 Å². The predicted molar refractivity (Wildman–Crippen MR) is 77.9 cm³/mol. The highest BCUT2D eigenvalue weighted by molar-refractivity contribution is 7.89. The summed E-state index contributed by atoms with van der Waals surface area (Å²) in [6, 6.07) is 5.70. The Kier molecular flexibility index (Phi) is 4.18. The molecule has 0 amide bonds. The van der Waals surface area contributed by atoms with Crippen molar-refractivity contribution in [3.8, 4) is 0 Å². The van der Waals surface area contributed by atoms with E-state index < -0.39 is 16.1 Å². The van der Waals surface area contributed by atoms with E-state index in [1.165, 1.54) is 10.4 Å². The fourth-order valence-corrected chi connectivity index (χ4v) is 4.36. The van der Waals surface area contributed by atoms with E-state index in [0.717, 1.165) is 0 Å². The number of halogens is 1. The van der Waals surface area contributed by atoms with E-state index in [1.807, 2.05) is 0 Å². The summed E-state index contributed by atoms with van der Waals surface area (Å²) in [7, 11) is -3.78. The normalized spacial score (nSPS) is 20.2. The van der Waals surface area contributed by atoms with E-state index in [9.17, 15) is 8.42 Å². The lowest BCUT2D eigenvalue weighted by atomic mass is 10.2. The third-order valence-corrected chi connectivity index (χ3v) is 5.75. The molecule has 1 saturated heterocycles. The number of hydrogen-bond donors (Lipinski definition) is 0. The topological polar surface area (TPSA) is 85.5 Å². The minimum Gasteiger partial charge on any atom is -0.378 e. The minimum atomic E-state index is -3.78. The van der Waals surface area contributed by atoms with Gasteiger partial charge in [0.15, 0.2) is 5.82 Å². The molecule has 1 atom stereocenters. The first-order valence-corrected chi connectivity index (χ1v) is 8.46. The van der Waals surface area contributed by atoms with Crippen LogP contribution in [-0.2, 0) is 14.8 Å². The molecule has 7 nitrogen and oxygen atoms in total. The van der Waals surface area contributed by atoms with Crippen LogP contribution in [0.25, 0.3) is 0 Å². The van der Waals surface area contributed by atoms with Crippen LogP contribution in [0.1, 0.15) is 17.8 Å². The quantitative estimate of drug-likeness (QED) is 0.844. The van der Waals surface area contributed by atoms with Gasteiger partial charge in [-0.05, 0) is 12.1 Å². The van der Waals surface area contributed by atoms with Crippen LogP contribution >= 0.6 is 11.6 Å². The zero-order chi connectivity index (χ0) is 15.7. The Morgan fingerprint density at radius 2 is 2.14 bits per heavy atom. The van der Waals surface area contributed by atoms with Gasteiger partial charge in [0.1, 0.15) is 10.9 Å². The average molecular weight is 344 g/mol. The second kappa shape index (κ2) is 5.96. The summed E-state index contributed by atoms with van der Waals surface area (Å²) >= 11 is 6.04. The number of aryl methyl sites for hydroxylation is 1. The summed E-state index contributed by atoms with van der Waals surface area (Å²) in [5.41, 5.74) is 0. The third-order valence-electron chi connectivity index (χ3n) is 3.34. The molecule has 0 saturated carbocycles. The van der Waals surface area contributed by atoms with Crippen molar-refractivity contribution in [1.29, 1.82) is 0 Å². The molecule has 2 heterocycles. The summed E-state index contributed by atoms with van der Waals surface area (Å²) in [5, 5.41) is 3.99. The van der Waals surface area contributed by atoms with E-state index in [0.29, 0.717) is 12.5 Å². The molecule has 3 rings (SSSR count). The number of rotatable bonds is 3. The zero-order valence-electron chi connectivity index (χ0n) is 11.8. The second-order valence-corrected chi connectivity index (χ2v) is 7.07. The maximum absolute atomic E-state index is 12.9. The third kappa shape index (κ3) is 2.74. The molecule has 0 bridgehead atoms. The molecule has 0 unspecified atom stereocenters. The molecule has 1 aromatic heterocycles. The van der Waals surface area contributed by atoms with Gasteiger partial charge in [-0.15, -0.1) is 0 Å². The lowest BCUT2D eigenvalue weighted by Crippen LogP contribution is -2.43. The molecular weight excluding hydrogens is 330 g/mol. The van der Waals surface area contributed by atoms with Gasteiger partial charge in [-0.3, -0.25) is 0 Å². The van der Waals surface area contributed by atoms with E-state index in [2.05, 4.69) is 10.1 Å². The number of benzene rings is 1. The van der Waals surface area contributed by atoms with Crippen LogP contribution in [0.5, 0.6) is 0 Å². The lowest BCUT2D eigenvalue weighted by molar-refractivity contribution is 0.0282. The average Bonchev–Trinajstić information content (AvgIpc) is 2.94. The van der Waals surface area contributed by atoms with Crippen LogP contribution in [0.3, 0.4) is 0 Å². The van der Waals surface area contributed by atoms with Crippen molar-refractivity contribution < 1.29 is 17.7 Å². The van der Waals surface area contributed by atoms with Crippen molar-refractivity contribution in [1.82, 2.24) is 14.4 Å². The van der Waals surface area contributed by atoms with Crippen LogP contribution in [0.4, 0.5) is 0 Å². The van der Waals surface area contributed by atoms with Crippen LogP contribution in [-0.4, -0.2) is 42.6 Å². The second-order valence-electron chi connectivity index (χ2n) is 4.81. The Hall–Kier alpha value is -1.48. The molecule has 118 valence electrons. The first kappa shape index (κ1) is 15.4. The number of ether oxygens (including phenoxy) is 1. The fraction of sp³-hybridized carbons (Fsp3) is 0.385. The van der Waals surface area contributed by atoms with Gasteiger partial charge in [0.25, 0.3) is 0 Å². The first-order valence-electron chi connectivity index (χ1n) is 6.64. The number of sulfonamides is 1. The van der Waals surface area contributed by atoms with Crippen molar-refractivity contribution in [2.75, 3.05) is 19.8 Å². The molecule has 1 fully saturated rings. The maximum Gasteiger partial charge on any atom is 0.245 e. The lowest BCUT2D eigenvalue weighted by Gasteiger charge is -2.32. The van der Waals surface area contributed by atoms with Crippen LogP contribution in [0, 0.1) is 6.92 Å². The van der Waals surface area contributed by atoms with Gasteiger partial charge in [0, 0.05) is 13.5 Å². The smallest absolute Gasteiger partial charge is 0.245 e. The molecule has 22 heavy (non-hydrogen) atoms. The highest BCUT2D eigenvalue weighted by Gasteiger charge is 2.38. The Morgan fingerprint density at radius 3 is 2.82 bits per heavy atom. The largest absolute Gasteiger partial charge is 0.378 e. The predicted octanol–water partition coefficient (Wildman–Crippen LogP) is 1.79. The Labute approximate surface area is 132 Å². The maximum atomic E-state index is 12.9. The number of aromatic nitrogens is 2. The highest BCUT2D eigenvalue weighted by Crippen LogP contribution is 2.31. The molecule has 2 aromatic rings. The minimum absolute atomic E-state index is 0.0591. The summed E-state index contributed by atoms with van der Waals surface area (Å²) in [4.78, 5) is 4.18. The summed E-state index contributed by atoms with van der Waals surface area (Å²) in [5.74, 6) is 0.656. The van der Waals surface area contributed by atoms with Crippen LogP contribution < -0.4 is 0 Å². The van der Waals surface area contributed by atoms with Gasteiger partial charge in [-0.2, -0.15) is 9.29 Å². The van der Waals surface area contributed by atoms with E-state index in [4.69, 9.17) is 20.9 Å². The van der Waals surface area contributed by atoms with Gasteiger partial charge in [-0.1, -0.05) is 28.9 Å². The van der Waals surface area contributed by atoms with E-state index >= 15 is 0 Å². The van der Waals surface area contributed by atoms with Crippen LogP contribution in [0.15, 0.2) is 33.7 Å². The van der Waals surface area contributed by atoms with E-state index in [-0.39, 0.29) is 28.9 Å². The first-order chi connectivity index (χ1) is 10.5. The van der Waals surface area contributed by atoms with Gasteiger partial charge >= 0.3 is 0 Å². The van der Waals surface area contributed by atoms with Gasteiger partial charge in [0.05, 0.1) is 18.2 Å². The summed E-state index contributed by atoms with van der Waals surface area (Å²) in [6.07, 6.45) is 0. The van der Waals surface area contributed by atoms with Gasteiger partial charge in [-0.25, -0.2) is 8.42 Å². The number of hydrogen-bond acceptors (Lipinski definition) is 6. The standard InChI is InChI=1S/C13H14ClN3O4S/c1-9-15-13(16-21-9)11-8-20-7-6-17(11)22(18,19)12-5-3-2-4-10(12)14/h2-5,11H,6-8H2,1H3/t11-/m0/s1. The summed E-state index contributed by atoms with van der Waals surface area (Å²) < 4.78 is 37.4. The molecule has 1 aliphatic rings. The molecule has 1 aromatic carbocycles. The Balaban J connectivity index is 2.02. The highest BCUT2D eigenvalue weighted by atomic mass is 35.5. The van der Waals surface area contributed by atoms with Crippen molar-refractivity contribution in [3.05, 3.63) is 41.0 Å². The van der Waals surface area contributed by atoms with Crippen molar-refractivity contribution in [2.24, 2.45) is 0 Å². The Bertz CT molecular complexity index is 777. The molecule has 1 aliphatic heterocycles. The Morgan fingerprint density at radius 1 is 1.36 bits per heavy atom. The molecule has 9 heteroatoms. The molecular formula is C13H14ClN3O4S. The van der Waals surface area contributed by atoms with Crippen molar-refractivity contribution in [2.45, 2.75) is 17.9 Å². The molecule has 0 radical (unpaired) electrons. The SMILES string of the molecule is Cc1nc([C@@H]2COCCN2S(=O)(=O)c2ccccc2Cl)no1. The molecule has 0 N–H and O–H groups in total. The van der Waals surface area contributed by atoms with Crippen molar-refractivity contribution >= 4 is 21.6 Å². The molecule has 0 aliphatic carbocycles. The summed E-state index contributed by atoms with van der Waals surface area (Å²) in [6.45, 7) is 2.32.